The van der Waals surface area contributed by atoms with Gasteiger partial charge in [0.1, 0.15) is 0 Å². The highest BCUT2D eigenvalue weighted by molar-refractivity contribution is 9.10. The molecule has 0 amide bonds. The van der Waals surface area contributed by atoms with Gasteiger partial charge in [0.25, 0.3) is 0 Å². The zero-order valence-corrected chi connectivity index (χ0v) is 10.9. The molecule has 1 aromatic rings. The Hall–Kier alpha value is -0.340. The molecule has 2 heteroatoms. The van der Waals surface area contributed by atoms with Crippen LogP contribution >= 0.6 is 15.9 Å². The maximum atomic E-state index is 6.18. The maximum Gasteiger partial charge on any atom is 0.0344 e. The van der Waals surface area contributed by atoms with Crippen molar-refractivity contribution >= 4 is 15.9 Å². The molecule has 78 valence electrons. The number of hydrogen-bond donors (Lipinski definition) is 1. The second-order valence-corrected chi connectivity index (χ2v) is 5.71. The standard InChI is InChI=1S/C12H18BrN/c1-8-7-9(5-6-10(8)13)11(14)12(2,3)4/h5-7,11H,14H2,1-4H3. The van der Waals surface area contributed by atoms with Crippen LogP contribution in [0.25, 0.3) is 0 Å². The van der Waals surface area contributed by atoms with E-state index in [0.29, 0.717) is 0 Å². The van der Waals surface area contributed by atoms with Gasteiger partial charge in [0.05, 0.1) is 0 Å². The SMILES string of the molecule is Cc1cc(C(N)C(C)(C)C)ccc1Br. The van der Waals surface area contributed by atoms with Crippen LogP contribution in [0.2, 0.25) is 0 Å². The number of benzene rings is 1. The van der Waals surface area contributed by atoms with Crippen LogP contribution in [0.4, 0.5) is 0 Å². The predicted octanol–water partition coefficient (Wildman–Crippen LogP) is 3.80. The third-order valence-electron chi connectivity index (χ3n) is 2.47. The maximum absolute atomic E-state index is 6.18. The molecule has 0 aliphatic heterocycles. The lowest BCUT2D eigenvalue weighted by molar-refractivity contribution is 0.327. The summed E-state index contributed by atoms with van der Waals surface area (Å²) < 4.78 is 1.14. The van der Waals surface area contributed by atoms with Crippen molar-refractivity contribution in [2.24, 2.45) is 11.1 Å². The minimum Gasteiger partial charge on any atom is -0.324 e. The van der Waals surface area contributed by atoms with E-state index in [1.54, 1.807) is 0 Å². The third-order valence-corrected chi connectivity index (χ3v) is 3.36. The second-order valence-electron chi connectivity index (χ2n) is 4.85. The first kappa shape index (κ1) is 11.7. The van der Waals surface area contributed by atoms with Crippen molar-refractivity contribution in [3.05, 3.63) is 33.8 Å². The van der Waals surface area contributed by atoms with Gasteiger partial charge in [-0.15, -0.1) is 0 Å². The van der Waals surface area contributed by atoms with Crippen molar-refractivity contribution in [2.75, 3.05) is 0 Å². The van der Waals surface area contributed by atoms with Gasteiger partial charge in [-0.3, -0.25) is 0 Å². The van der Waals surface area contributed by atoms with E-state index in [1.807, 2.05) is 0 Å². The highest BCUT2D eigenvalue weighted by Gasteiger charge is 2.22. The number of rotatable bonds is 1. The van der Waals surface area contributed by atoms with Crippen molar-refractivity contribution in [1.82, 2.24) is 0 Å². The van der Waals surface area contributed by atoms with Gasteiger partial charge < -0.3 is 5.73 Å². The van der Waals surface area contributed by atoms with Gasteiger partial charge >= 0.3 is 0 Å². The van der Waals surface area contributed by atoms with Gasteiger partial charge in [-0.25, -0.2) is 0 Å². The summed E-state index contributed by atoms with van der Waals surface area (Å²) in [4.78, 5) is 0. The molecule has 1 nitrogen and oxygen atoms in total. The molecule has 2 N–H and O–H groups in total. The summed E-state index contributed by atoms with van der Waals surface area (Å²) in [6.07, 6.45) is 0. The van der Waals surface area contributed by atoms with E-state index >= 15 is 0 Å². The highest BCUT2D eigenvalue weighted by Crippen LogP contribution is 2.31. The van der Waals surface area contributed by atoms with Crippen molar-refractivity contribution in [2.45, 2.75) is 33.7 Å². The van der Waals surface area contributed by atoms with E-state index in [4.69, 9.17) is 5.73 Å². The fourth-order valence-corrected chi connectivity index (χ4v) is 1.61. The van der Waals surface area contributed by atoms with Gasteiger partial charge in [-0.1, -0.05) is 48.8 Å². The second kappa shape index (κ2) is 4.03. The molecule has 0 spiro atoms. The Balaban J connectivity index is 3.03. The first-order valence-electron chi connectivity index (χ1n) is 4.84. The van der Waals surface area contributed by atoms with Gasteiger partial charge in [0, 0.05) is 10.5 Å². The Morgan fingerprint density at radius 1 is 1.29 bits per heavy atom. The topological polar surface area (TPSA) is 26.0 Å². The number of hydrogen-bond acceptors (Lipinski definition) is 1. The molecule has 1 rings (SSSR count). The highest BCUT2D eigenvalue weighted by atomic mass is 79.9. The molecule has 0 saturated heterocycles. The van der Waals surface area contributed by atoms with Crippen LogP contribution in [0.1, 0.15) is 37.9 Å². The van der Waals surface area contributed by atoms with Gasteiger partial charge in [0.2, 0.25) is 0 Å². The van der Waals surface area contributed by atoms with Gasteiger partial charge in [0.15, 0.2) is 0 Å². The molecule has 14 heavy (non-hydrogen) atoms. The first-order chi connectivity index (χ1) is 6.32. The number of nitrogens with two attached hydrogens (primary N) is 1. The molecule has 0 aromatic heterocycles. The van der Waals surface area contributed by atoms with Crippen LogP contribution in [0.5, 0.6) is 0 Å². The Labute approximate surface area is 94.8 Å². The lowest BCUT2D eigenvalue weighted by Gasteiger charge is -2.27. The van der Waals surface area contributed by atoms with Crippen LogP contribution in [0, 0.1) is 12.3 Å². The molecule has 1 unspecified atom stereocenters. The molecule has 1 aromatic carbocycles. The molecular weight excluding hydrogens is 238 g/mol. The lowest BCUT2D eigenvalue weighted by atomic mass is 9.83. The van der Waals surface area contributed by atoms with E-state index in [-0.39, 0.29) is 11.5 Å². The average Bonchev–Trinajstić information content (AvgIpc) is 2.07. The Bertz CT molecular complexity index is 326. The molecule has 1 atom stereocenters. The largest absolute Gasteiger partial charge is 0.324 e. The third kappa shape index (κ3) is 2.58. The zero-order valence-electron chi connectivity index (χ0n) is 9.26. The monoisotopic (exact) mass is 255 g/mol. The van der Waals surface area contributed by atoms with E-state index in [2.05, 4.69) is 61.8 Å². The summed E-state index contributed by atoms with van der Waals surface area (Å²) in [5.41, 5.74) is 8.73. The molecule has 0 aliphatic rings. The van der Waals surface area contributed by atoms with Crippen LogP contribution in [-0.2, 0) is 0 Å². The Morgan fingerprint density at radius 3 is 2.29 bits per heavy atom. The predicted molar refractivity (Wildman–Crippen MR) is 65.3 cm³/mol. The first-order valence-corrected chi connectivity index (χ1v) is 5.63. The Morgan fingerprint density at radius 2 is 1.86 bits per heavy atom. The molecule has 0 fully saturated rings. The minimum atomic E-state index is 0.0919. The Kier molecular flexibility index (Phi) is 3.38. The van der Waals surface area contributed by atoms with Crippen molar-refractivity contribution < 1.29 is 0 Å². The summed E-state index contributed by atoms with van der Waals surface area (Å²) in [6, 6.07) is 6.40. The molecule has 0 aliphatic carbocycles. The molecule has 0 radical (unpaired) electrons. The van der Waals surface area contributed by atoms with E-state index in [0.717, 1.165) is 4.47 Å². The summed E-state index contributed by atoms with van der Waals surface area (Å²) in [5, 5.41) is 0. The van der Waals surface area contributed by atoms with Crippen molar-refractivity contribution in [1.29, 1.82) is 0 Å². The fraction of sp³-hybridized carbons (Fsp3) is 0.500. The average molecular weight is 256 g/mol. The van der Waals surface area contributed by atoms with Gasteiger partial charge in [-0.05, 0) is 29.5 Å². The summed E-state index contributed by atoms with van der Waals surface area (Å²) in [7, 11) is 0. The molecular formula is C12H18BrN. The normalized spacial score (nSPS) is 14.1. The number of halogens is 1. The number of aryl methyl sites for hydroxylation is 1. The van der Waals surface area contributed by atoms with E-state index in [9.17, 15) is 0 Å². The summed E-state index contributed by atoms with van der Waals surface area (Å²) in [6.45, 7) is 8.57. The summed E-state index contributed by atoms with van der Waals surface area (Å²) in [5.74, 6) is 0. The lowest BCUT2D eigenvalue weighted by Crippen LogP contribution is -2.26. The van der Waals surface area contributed by atoms with Crippen molar-refractivity contribution in [3.8, 4) is 0 Å². The van der Waals surface area contributed by atoms with E-state index < -0.39 is 0 Å². The van der Waals surface area contributed by atoms with E-state index in [1.165, 1.54) is 11.1 Å². The zero-order chi connectivity index (χ0) is 10.9. The minimum absolute atomic E-state index is 0.0919. The molecule has 0 bridgehead atoms. The summed E-state index contributed by atoms with van der Waals surface area (Å²) >= 11 is 3.49. The smallest absolute Gasteiger partial charge is 0.0344 e. The van der Waals surface area contributed by atoms with Crippen LogP contribution in [-0.4, -0.2) is 0 Å². The fourth-order valence-electron chi connectivity index (χ4n) is 1.36. The van der Waals surface area contributed by atoms with Crippen LogP contribution < -0.4 is 5.73 Å². The van der Waals surface area contributed by atoms with Crippen LogP contribution in [0.3, 0.4) is 0 Å². The van der Waals surface area contributed by atoms with Gasteiger partial charge in [-0.2, -0.15) is 0 Å². The quantitative estimate of drug-likeness (QED) is 0.812. The van der Waals surface area contributed by atoms with Crippen LogP contribution in [0.15, 0.2) is 22.7 Å². The molecule has 0 heterocycles. The van der Waals surface area contributed by atoms with Crippen molar-refractivity contribution in [3.63, 3.8) is 0 Å². The molecule has 0 saturated carbocycles.